The molecule has 1 fully saturated rings. The quantitative estimate of drug-likeness (QED) is 0.556. The summed E-state index contributed by atoms with van der Waals surface area (Å²) < 4.78 is 0. The minimum atomic E-state index is 0.963. The van der Waals surface area contributed by atoms with E-state index in [4.69, 9.17) is 0 Å². The molecule has 1 aliphatic carbocycles. The molecule has 0 N–H and O–H groups in total. The summed E-state index contributed by atoms with van der Waals surface area (Å²) in [4.78, 5) is 0. The molecular weight excluding hydrogens is 144 g/mol. The molecule has 1 aliphatic rings. The number of hydrogen-bond donors (Lipinski definition) is 0. The summed E-state index contributed by atoms with van der Waals surface area (Å²) in [6, 6.07) is 0. The van der Waals surface area contributed by atoms with Gasteiger partial charge in [-0.25, -0.2) is 0 Å². The van der Waals surface area contributed by atoms with Crippen LogP contribution in [0.1, 0.15) is 59.3 Å². The molecule has 0 amide bonds. The van der Waals surface area contributed by atoms with Crippen LogP contribution >= 0.6 is 0 Å². The zero-order valence-electron chi connectivity index (χ0n) is 8.97. The Hall–Kier alpha value is 0. The van der Waals surface area contributed by atoms with E-state index in [0.717, 1.165) is 17.8 Å². The Balaban J connectivity index is 2.06. The standard InChI is InChI=1S/C12H24/c1-4-5-6-10(2)11(3)9-12-7-8-12/h10-12H,4-9H2,1-3H3. The van der Waals surface area contributed by atoms with Crippen molar-refractivity contribution in [2.75, 3.05) is 0 Å². The summed E-state index contributed by atoms with van der Waals surface area (Å²) in [7, 11) is 0. The zero-order chi connectivity index (χ0) is 8.97. The second-order valence-corrected chi connectivity index (χ2v) is 4.78. The van der Waals surface area contributed by atoms with Gasteiger partial charge in [-0.15, -0.1) is 0 Å². The highest BCUT2D eigenvalue weighted by molar-refractivity contribution is 4.77. The van der Waals surface area contributed by atoms with Gasteiger partial charge >= 0.3 is 0 Å². The molecular formula is C12H24. The highest BCUT2D eigenvalue weighted by Gasteiger charge is 2.25. The van der Waals surface area contributed by atoms with Crippen LogP contribution in [-0.4, -0.2) is 0 Å². The molecule has 0 heterocycles. The highest BCUT2D eigenvalue weighted by Crippen LogP contribution is 2.37. The smallest absolute Gasteiger partial charge is 0.0411 e. The molecule has 0 radical (unpaired) electrons. The summed E-state index contributed by atoms with van der Waals surface area (Å²) in [6.45, 7) is 7.17. The van der Waals surface area contributed by atoms with E-state index in [1.54, 1.807) is 0 Å². The van der Waals surface area contributed by atoms with Crippen molar-refractivity contribution >= 4 is 0 Å². The largest absolute Gasteiger partial charge is 0.0654 e. The monoisotopic (exact) mass is 168 g/mol. The van der Waals surface area contributed by atoms with Gasteiger partial charge in [-0.05, 0) is 24.2 Å². The van der Waals surface area contributed by atoms with Crippen LogP contribution in [0.15, 0.2) is 0 Å². The van der Waals surface area contributed by atoms with Crippen molar-refractivity contribution in [2.24, 2.45) is 17.8 Å². The molecule has 0 aromatic carbocycles. The number of rotatable bonds is 6. The molecule has 2 atom stereocenters. The van der Waals surface area contributed by atoms with E-state index < -0.39 is 0 Å². The first-order valence-corrected chi connectivity index (χ1v) is 5.74. The molecule has 0 saturated heterocycles. The van der Waals surface area contributed by atoms with E-state index in [-0.39, 0.29) is 0 Å². The van der Waals surface area contributed by atoms with Gasteiger partial charge < -0.3 is 0 Å². The van der Waals surface area contributed by atoms with Crippen molar-refractivity contribution in [1.29, 1.82) is 0 Å². The van der Waals surface area contributed by atoms with Crippen molar-refractivity contribution in [2.45, 2.75) is 59.3 Å². The van der Waals surface area contributed by atoms with E-state index in [1.807, 2.05) is 0 Å². The molecule has 1 saturated carbocycles. The Morgan fingerprint density at radius 2 is 1.83 bits per heavy atom. The van der Waals surface area contributed by atoms with Gasteiger partial charge in [-0.2, -0.15) is 0 Å². The minimum absolute atomic E-state index is 0.963. The summed E-state index contributed by atoms with van der Waals surface area (Å²) >= 11 is 0. The van der Waals surface area contributed by atoms with Gasteiger partial charge in [-0.3, -0.25) is 0 Å². The van der Waals surface area contributed by atoms with Crippen LogP contribution in [-0.2, 0) is 0 Å². The zero-order valence-corrected chi connectivity index (χ0v) is 8.97. The fourth-order valence-electron chi connectivity index (χ4n) is 1.92. The third-order valence-electron chi connectivity index (χ3n) is 3.39. The van der Waals surface area contributed by atoms with Gasteiger partial charge in [0.15, 0.2) is 0 Å². The lowest BCUT2D eigenvalue weighted by Gasteiger charge is -2.19. The van der Waals surface area contributed by atoms with Crippen molar-refractivity contribution in [1.82, 2.24) is 0 Å². The predicted molar refractivity (Wildman–Crippen MR) is 55.2 cm³/mol. The molecule has 0 heteroatoms. The van der Waals surface area contributed by atoms with E-state index in [9.17, 15) is 0 Å². The van der Waals surface area contributed by atoms with E-state index in [2.05, 4.69) is 20.8 Å². The second-order valence-electron chi connectivity index (χ2n) is 4.78. The summed E-state index contributed by atoms with van der Waals surface area (Å²) in [5.41, 5.74) is 0. The van der Waals surface area contributed by atoms with Crippen LogP contribution in [0.2, 0.25) is 0 Å². The molecule has 1 rings (SSSR count). The first kappa shape index (κ1) is 10.1. The maximum atomic E-state index is 2.44. The summed E-state index contributed by atoms with van der Waals surface area (Å²) in [5.74, 6) is 3.05. The molecule has 0 nitrogen and oxygen atoms in total. The van der Waals surface area contributed by atoms with E-state index in [0.29, 0.717) is 0 Å². The summed E-state index contributed by atoms with van der Waals surface area (Å²) in [6.07, 6.45) is 8.78. The molecule has 0 aromatic rings. The van der Waals surface area contributed by atoms with Crippen LogP contribution < -0.4 is 0 Å². The molecule has 2 unspecified atom stereocenters. The Bertz CT molecular complexity index is 113. The average molecular weight is 168 g/mol. The first-order valence-electron chi connectivity index (χ1n) is 5.74. The van der Waals surface area contributed by atoms with Crippen molar-refractivity contribution in [3.63, 3.8) is 0 Å². The Morgan fingerprint density at radius 1 is 1.17 bits per heavy atom. The maximum absolute atomic E-state index is 2.44. The SMILES string of the molecule is CCCCC(C)C(C)CC1CC1. The maximum Gasteiger partial charge on any atom is -0.0411 e. The minimum Gasteiger partial charge on any atom is -0.0654 e. The normalized spacial score (nSPS) is 22.2. The van der Waals surface area contributed by atoms with Gasteiger partial charge in [-0.1, -0.05) is 52.9 Å². The van der Waals surface area contributed by atoms with Gasteiger partial charge in [0.05, 0.1) is 0 Å². The molecule has 0 aliphatic heterocycles. The molecule has 72 valence electrons. The van der Waals surface area contributed by atoms with Crippen LogP contribution in [0.5, 0.6) is 0 Å². The predicted octanol–water partition coefficient (Wildman–Crippen LogP) is 4.25. The highest BCUT2D eigenvalue weighted by atomic mass is 14.3. The Morgan fingerprint density at radius 3 is 2.33 bits per heavy atom. The molecule has 0 bridgehead atoms. The van der Waals surface area contributed by atoms with Crippen molar-refractivity contribution in [3.05, 3.63) is 0 Å². The van der Waals surface area contributed by atoms with Crippen LogP contribution in [0.3, 0.4) is 0 Å². The van der Waals surface area contributed by atoms with Crippen LogP contribution in [0, 0.1) is 17.8 Å². The van der Waals surface area contributed by atoms with Crippen molar-refractivity contribution in [3.8, 4) is 0 Å². The van der Waals surface area contributed by atoms with Gasteiger partial charge in [0, 0.05) is 0 Å². The first-order chi connectivity index (χ1) is 5.74. The fourth-order valence-corrected chi connectivity index (χ4v) is 1.92. The molecule has 12 heavy (non-hydrogen) atoms. The molecule has 0 spiro atoms. The second kappa shape index (κ2) is 4.89. The van der Waals surface area contributed by atoms with Crippen LogP contribution in [0.4, 0.5) is 0 Å². The lowest BCUT2D eigenvalue weighted by molar-refractivity contribution is 0.323. The van der Waals surface area contributed by atoms with Gasteiger partial charge in [0.2, 0.25) is 0 Å². The number of hydrogen-bond acceptors (Lipinski definition) is 0. The number of unbranched alkanes of at least 4 members (excludes halogenated alkanes) is 1. The Labute approximate surface area is 77.7 Å². The Kier molecular flexibility index (Phi) is 4.11. The third-order valence-corrected chi connectivity index (χ3v) is 3.39. The lowest BCUT2D eigenvalue weighted by Crippen LogP contribution is -2.08. The summed E-state index contributed by atoms with van der Waals surface area (Å²) in [5, 5.41) is 0. The molecule has 0 aromatic heterocycles. The van der Waals surface area contributed by atoms with Gasteiger partial charge in [0.1, 0.15) is 0 Å². The third kappa shape index (κ3) is 3.60. The average Bonchev–Trinajstić information content (AvgIpc) is 2.83. The lowest BCUT2D eigenvalue weighted by atomic mass is 9.87. The van der Waals surface area contributed by atoms with Crippen molar-refractivity contribution < 1.29 is 0 Å². The van der Waals surface area contributed by atoms with Crippen LogP contribution in [0.25, 0.3) is 0 Å². The topological polar surface area (TPSA) is 0 Å². The van der Waals surface area contributed by atoms with E-state index in [1.165, 1.54) is 38.5 Å². The fraction of sp³-hybridized carbons (Fsp3) is 1.00. The van der Waals surface area contributed by atoms with Gasteiger partial charge in [0.25, 0.3) is 0 Å². The van der Waals surface area contributed by atoms with E-state index >= 15 is 0 Å².